The molecule has 3 N–H and O–H groups in total. The molecular formula is C16H27N3O2. The lowest BCUT2D eigenvalue weighted by molar-refractivity contribution is 0.233. The van der Waals surface area contributed by atoms with E-state index in [-0.39, 0.29) is 24.6 Å². The number of carbonyl (C=O) groups excluding carboxylic acids is 1. The highest BCUT2D eigenvalue weighted by Crippen LogP contribution is 2.22. The molecule has 0 spiro atoms. The van der Waals surface area contributed by atoms with Crippen LogP contribution in [0.3, 0.4) is 0 Å². The summed E-state index contributed by atoms with van der Waals surface area (Å²) >= 11 is 0. The highest BCUT2D eigenvalue weighted by atomic mass is 16.3. The molecule has 1 aromatic rings. The van der Waals surface area contributed by atoms with E-state index in [0.717, 1.165) is 12.0 Å². The Morgan fingerprint density at radius 1 is 1.38 bits per heavy atom. The molecule has 0 fully saturated rings. The minimum absolute atomic E-state index is 0.0630. The predicted molar refractivity (Wildman–Crippen MR) is 84.1 cm³/mol. The van der Waals surface area contributed by atoms with Gasteiger partial charge in [-0.1, -0.05) is 19.9 Å². The smallest absolute Gasteiger partial charge is 0.315 e. The van der Waals surface area contributed by atoms with Crippen molar-refractivity contribution < 1.29 is 9.90 Å². The number of nitrogens with zero attached hydrogens (tertiary/aromatic N) is 1. The van der Waals surface area contributed by atoms with Crippen LogP contribution in [0.5, 0.6) is 0 Å². The first-order valence-electron chi connectivity index (χ1n) is 7.59. The summed E-state index contributed by atoms with van der Waals surface area (Å²) in [7, 11) is 0. The Morgan fingerprint density at radius 3 is 2.71 bits per heavy atom. The SMILES string of the molecule is CC(CCCO)NC(=O)NCC(c1cccnc1)C(C)C. The van der Waals surface area contributed by atoms with Gasteiger partial charge in [-0.05, 0) is 37.3 Å². The molecule has 5 nitrogen and oxygen atoms in total. The van der Waals surface area contributed by atoms with E-state index in [1.807, 2.05) is 25.3 Å². The van der Waals surface area contributed by atoms with Crippen LogP contribution >= 0.6 is 0 Å². The van der Waals surface area contributed by atoms with E-state index in [2.05, 4.69) is 29.5 Å². The Hall–Kier alpha value is -1.62. The van der Waals surface area contributed by atoms with E-state index < -0.39 is 0 Å². The maximum Gasteiger partial charge on any atom is 0.315 e. The second-order valence-corrected chi connectivity index (χ2v) is 5.76. The van der Waals surface area contributed by atoms with Gasteiger partial charge >= 0.3 is 6.03 Å². The van der Waals surface area contributed by atoms with Gasteiger partial charge in [-0.2, -0.15) is 0 Å². The van der Waals surface area contributed by atoms with Gasteiger partial charge in [-0.3, -0.25) is 4.98 Å². The number of amides is 2. The van der Waals surface area contributed by atoms with Crippen LogP contribution in [0.15, 0.2) is 24.5 Å². The van der Waals surface area contributed by atoms with Gasteiger partial charge in [-0.15, -0.1) is 0 Å². The van der Waals surface area contributed by atoms with Crippen molar-refractivity contribution in [3.8, 4) is 0 Å². The molecule has 5 heteroatoms. The normalized spacial score (nSPS) is 13.8. The number of hydrogen-bond donors (Lipinski definition) is 3. The van der Waals surface area contributed by atoms with E-state index in [0.29, 0.717) is 18.9 Å². The van der Waals surface area contributed by atoms with Crippen molar-refractivity contribution in [2.75, 3.05) is 13.2 Å². The summed E-state index contributed by atoms with van der Waals surface area (Å²) in [6.45, 7) is 6.96. The van der Waals surface area contributed by atoms with E-state index in [1.54, 1.807) is 6.20 Å². The summed E-state index contributed by atoms with van der Waals surface area (Å²) in [6, 6.07) is 3.87. The fraction of sp³-hybridized carbons (Fsp3) is 0.625. The second kappa shape index (κ2) is 9.34. The van der Waals surface area contributed by atoms with Gasteiger partial charge in [0, 0.05) is 37.5 Å². The number of aliphatic hydroxyl groups is 1. The molecule has 0 radical (unpaired) electrons. The maximum absolute atomic E-state index is 11.9. The minimum atomic E-state index is -0.157. The zero-order chi connectivity index (χ0) is 15.7. The number of carbonyl (C=O) groups is 1. The topological polar surface area (TPSA) is 74.2 Å². The van der Waals surface area contributed by atoms with Crippen LogP contribution in [0.25, 0.3) is 0 Å². The average Bonchev–Trinajstić information content (AvgIpc) is 2.46. The molecule has 2 unspecified atom stereocenters. The van der Waals surface area contributed by atoms with Crippen molar-refractivity contribution in [2.45, 2.75) is 45.6 Å². The van der Waals surface area contributed by atoms with Crippen molar-refractivity contribution in [2.24, 2.45) is 5.92 Å². The van der Waals surface area contributed by atoms with Crippen molar-refractivity contribution in [1.29, 1.82) is 0 Å². The summed E-state index contributed by atoms with van der Waals surface area (Å²) in [5.41, 5.74) is 1.14. The Kier molecular flexibility index (Phi) is 7.75. The van der Waals surface area contributed by atoms with Gasteiger partial charge in [0.15, 0.2) is 0 Å². The zero-order valence-corrected chi connectivity index (χ0v) is 13.2. The molecule has 1 heterocycles. The van der Waals surface area contributed by atoms with Crippen LogP contribution in [0, 0.1) is 5.92 Å². The third-order valence-electron chi connectivity index (χ3n) is 3.57. The number of hydrogen-bond acceptors (Lipinski definition) is 3. The number of aromatic nitrogens is 1. The molecule has 0 aliphatic heterocycles. The van der Waals surface area contributed by atoms with E-state index in [9.17, 15) is 4.79 Å². The van der Waals surface area contributed by atoms with Gasteiger partial charge < -0.3 is 15.7 Å². The lowest BCUT2D eigenvalue weighted by atomic mass is 9.89. The van der Waals surface area contributed by atoms with Crippen LogP contribution in [0.4, 0.5) is 4.79 Å². The van der Waals surface area contributed by atoms with Crippen LogP contribution in [0.1, 0.15) is 45.1 Å². The molecule has 0 saturated heterocycles. The van der Waals surface area contributed by atoms with Crippen molar-refractivity contribution in [1.82, 2.24) is 15.6 Å². The quantitative estimate of drug-likeness (QED) is 0.688. The second-order valence-electron chi connectivity index (χ2n) is 5.76. The first kappa shape index (κ1) is 17.4. The maximum atomic E-state index is 11.9. The first-order chi connectivity index (χ1) is 10.0. The lowest BCUT2D eigenvalue weighted by Crippen LogP contribution is -2.42. The molecule has 1 aromatic heterocycles. The van der Waals surface area contributed by atoms with Gasteiger partial charge in [0.2, 0.25) is 0 Å². The number of urea groups is 1. The summed E-state index contributed by atoms with van der Waals surface area (Å²) in [6.07, 6.45) is 5.09. The molecule has 2 atom stereocenters. The summed E-state index contributed by atoms with van der Waals surface area (Å²) < 4.78 is 0. The predicted octanol–water partition coefficient (Wildman–Crippen LogP) is 2.28. The molecule has 0 aliphatic rings. The fourth-order valence-corrected chi connectivity index (χ4v) is 2.28. The van der Waals surface area contributed by atoms with Gasteiger partial charge in [0.1, 0.15) is 0 Å². The largest absolute Gasteiger partial charge is 0.396 e. The molecule has 2 amide bonds. The molecule has 21 heavy (non-hydrogen) atoms. The van der Waals surface area contributed by atoms with E-state index in [4.69, 9.17) is 5.11 Å². The summed E-state index contributed by atoms with van der Waals surface area (Å²) in [5.74, 6) is 0.665. The zero-order valence-electron chi connectivity index (χ0n) is 13.2. The Bertz CT molecular complexity index is 409. The summed E-state index contributed by atoms with van der Waals surface area (Å²) in [4.78, 5) is 16.0. The molecule has 0 aromatic carbocycles. The third kappa shape index (κ3) is 6.58. The number of aliphatic hydroxyl groups excluding tert-OH is 1. The van der Waals surface area contributed by atoms with Crippen molar-refractivity contribution in [3.05, 3.63) is 30.1 Å². The number of pyridine rings is 1. The van der Waals surface area contributed by atoms with Gasteiger partial charge in [0.25, 0.3) is 0 Å². The minimum Gasteiger partial charge on any atom is -0.396 e. The van der Waals surface area contributed by atoms with Crippen LogP contribution < -0.4 is 10.6 Å². The fourth-order valence-electron chi connectivity index (χ4n) is 2.28. The molecule has 0 saturated carbocycles. The third-order valence-corrected chi connectivity index (χ3v) is 3.57. The lowest BCUT2D eigenvalue weighted by Gasteiger charge is -2.22. The highest BCUT2D eigenvalue weighted by Gasteiger charge is 2.17. The highest BCUT2D eigenvalue weighted by molar-refractivity contribution is 5.74. The van der Waals surface area contributed by atoms with Crippen LogP contribution in [-0.4, -0.2) is 35.3 Å². The Labute approximate surface area is 127 Å². The van der Waals surface area contributed by atoms with E-state index in [1.165, 1.54) is 0 Å². The first-order valence-corrected chi connectivity index (χ1v) is 7.59. The Balaban J connectivity index is 2.45. The van der Waals surface area contributed by atoms with Crippen LogP contribution in [-0.2, 0) is 0 Å². The van der Waals surface area contributed by atoms with Gasteiger partial charge in [-0.25, -0.2) is 4.79 Å². The molecule has 0 aliphatic carbocycles. The van der Waals surface area contributed by atoms with Crippen molar-refractivity contribution >= 4 is 6.03 Å². The van der Waals surface area contributed by atoms with Crippen molar-refractivity contribution in [3.63, 3.8) is 0 Å². The van der Waals surface area contributed by atoms with Crippen LogP contribution in [0.2, 0.25) is 0 Å². The molecule has 1 rings (SSSR count). The van der Waals surface area contributed by atoms with E-state index >= 15 is 0 Å². The molecule has 0 bridgehead atoms. The monoisotopic (exact) mass is 293 g/mol. The Morgan fingerprint density at radius 2 is 2.14 bits per heavy atom. The number of rotatable bonds is 8. The summed E-state index contributed by atoms with van der Waals surface area (Å²) in [5, 5.41) is 14.6. The molecule has 118 valence electrons. The number of nitrogens with one attached hydrogen (secondary N) is 2. The molecular weight excluding hydrogens is 266 g/mol. The van der Waals surface area contributed by atoms with Gasteiger partial charge in [0.05, 0.1) is 0 Å². The standard InChI is InChI=1S/C16H27N3O2/c1-12(2)15(14-7-4-8-17-10-14)11-18-16(21)19-13(3)6-5-9-20/h4,7-8,10,12-13,15,20H,5-6,9,11H2,1-3H3,(H2,18,19,21). The average molecular weight is 293 g/mol.